The Kier molecular flexibility index (Phi) is 3.87. The van der Waals surface area contributed by atoms with Gasteiger partial charge in [0, 0.05) is 19.2 Å². The third kappa shape index (κ3) is 3.22. The van der Waals surface area contributed by atoms with Crippen LogP contribution in [0.25, 0.3) is 0 Å². The Morgan fingerprint density at radius 3 is 3.10 bits per heavy atom. The van der Waals surface area contributed by atoms with Gasteiger partial charge in [-0.25, -0.2) is 0 Å². The second-order valence-corrected chi connectivity index (χ2v) is 5.56. The molecule has 0 spiro atoms. The van der Waals surface area contributed by atoms with Gasteiger partial charge in [-0.3, -0.25) is 14.6 Å². The first-order valence-electron chi connectivity index (χ1n) is 6.47. The van der Waals surface area contributed by atoms with Crippen molar-refractivity contribution in [1.82, 2.24) is 20.1 Å². The van der Waals surface area contributed by atoms with Crippen LogP contribution in [-0.4, -0.2) is 38.4 Å². The lowest BCUT2D eigenvalue weighted by Crippen LogP contribution is -2.28. The highest BCUT2D eigenvalue weighted by Crippen LogP contribution is 2.21. The number of hydrogen-bond acceptors (Lipinski definition) is 6. The van der Waals surface area contributed by atoms with E-state index in [0.29, 0.717) is 18.2 Å². The van der Waals surface area contributed by atoms with Crippen LogP contribution in [-0.2, 0) is 16.1 Å². The molecule has 0 radical (unpaired) electrons. The molecule has 3 rings (SSSR count). The van der Waals surface area contributed by atoms with Gasteiger partial charge >= 0.3 is 0 Å². The molecule has 0 saturated carbocycles. The number of anilines is 1. The molecule has 2 amide bonds. The average Bonchev–Trinajstić information content (AvgIpc) is 3.11. The van der Waals surface area contributed by atoms with Gasteiger partial charge in [-0.1, -0.05) is 17.4 Å². The molecule has 3 heterocycles. The summed E-state index contributed by atoms with van der Waals surface area (Å²) in [5, 5.41) is 10.6. The molecule has 0 aromatic carbocycles. The Hall–Kier alpha value is -2.35. The van der Waals surface area contributed by atoms with Crippen LogP contribution < -0.4 is 5.32 Å². The summed E-state index contributed by atoms with van der Waals surface area (Å²) in [4.78, 5) is 29.9. The first-order chi connectivity index (χ1) is 10.2. The molecule has 108 valence electrons. The van der Waals surface area contributed by atoms with Crippen LogP contribution in [0.1, 0.15) is 12.1 Å². The number of likely N-dealkylation sites (tertiary alicyclic amines) is 1. The second kappa shape index (κ2) is 5.96. The number of rotatable bonds is 4. The standard InChI is InChI=1S/C13H13N5O2S/c19-11-5-9(12(20)16-13-17-15-8-21-13)6-18(11)7-10-3-1-2-4-14-10/h1-4,8-9H,5-7H2,(H,16,17,20). The fourth-order valence-corrected chi connectivity index (χ4v) is 2.67. The molecule has 21 heavy (non-hydrogen) atoms. The number of nitrogens with one attached hydrogen (secondary N) is 1. The van der Waals surface area contributed by atoms with Crippen LogP contribution in [0, 0.1) is 5.92 Å². The highest BCUT2D eigenvalue weighted by molar-refractivity contribution is 7.13. The van der Waals surface area contributed by atoms with E-state index < -0.39 is 0 Å². The van der Waals surface area contributed by atoms with Gasteiger partial charge in [-0.05, 0) is 12.1 Å². The minimum Gasteiger partial charge on any atom is -0.336 e. The lowest BCUT2D eigenvalue weighted by molar-refractivity contribution is -0.128. The highest BCUT2D eigenvalue weighted by Gasteiger charge is 2.34. The maximum absolute atomic E-state index is 12.1. The van der Waals surface area contributed by atoms with Crippen molar-refractivity contribution in [2.24, 2.45) is 5.92 Å². The fourth-order valence-electron chi connectivity index (χ4n) is 2.22. The van der Waals surface area contributed by atoms with Crippen LogP contribution in [0.5, 0.6) is 0 Å². The third-order valence-corrected chi connectivity index (χ3v) is 3.86. The van der Waals surface area contributed by atoms with E-state index in [1.807, 2.05) is 18.2 Å². The van der Waals surface area contributed by atoms with E-state index in [4.69, 9.17) is 0 Å². The predicted octanol–water partition coefficient (Wildman–Crippen LogP) is 0.920. The third-order valence-electron chi connectivity index (χ3n) is 3.25. The largest absolute Gasteiger partial charge is 0.336 e. The van der Waals surface area contributed by atoms with Crippen molar-refractivity contribution >= 4 is 28.3 Å². The number of carbonyl (C=O) groups is 2. The van der Waals surface area contributed by atoms with Gasteiger partial charge in [-0.2, -0.15) is 0 Å². The number of hydrogen-bond donors (Lipinski definition) is 1. The fraction of sp³-hybridized carbons (Fsp3) is 0.308. The number of nitrogens with zero attached hydrogens (tertiary/aromatic N) is 4. The van der Waals surface area contributed by atoms with Crippen molar-refractivity contribution in [2.45, 2.75) is 13.0 Å². The molecule has 0 bridgehead atoms. The smallest absolute Gasteiger partial charge is 0.231 e. The monoisotopic (exact) mass is 303 g/mol. The van der Waals surface area contributed by atoms with Crippen molar-refractivity contribution in [2.75, 3.05) is 11.9 Å². The van der Waals surface area contributed by atoms with E-state index in [1.165, 1.54) is 11.3 Å². The maximum Gasteiger partial charge on any atom is 0.231 e. The van der Waals surface area contributed by atoms with Gasteiger partial charge in [0.25, 0.3) is 0 Å². The molecule has 1 saturated heterocycles. The molecule has 1 aliphatic rings. The van der Waals surface area contributed by atoms with E-state index >= 15 is 0 Å². The van der Waals surface area contributed by atoms with Crippen LogP contribution in [0.3, 0.4) is 0 Å². The van der Waals surface area contributed by atoms with Gasteiger partial charge in [0.2, 0.25) is 16.9 Å². The van der Waals surface area contributed by atoms with Crippen molar-refractivity contribution in [3.63, 3.8) is 0 Å². The van der Waals surface area contributed by atoms with Crippen molar-refractivity contribution in [3.8, 4) is 0 Å². The Balaban J connectivity index is 1.60. The molecule has 1 aliphatic heterocycles. The second-order valence-electron chi connectivity index (χ2n) is 4.73. The van der Waals surface area contributed by atoms with E-state index in [2.05, 4.69) is 20.5 Å². The van der Waals surface area contributed by atoms with Gasteiger partial charge in [0.15, 0.2) is 0 Å². The van der Waals surface area contributed by atoms with Gasteiger partial charge in [-0.15, -0.1) is 10.2 Å². The lowest BCUT2D eigenvalue weighted by atomic mass is 10.1. The van der Waals surface area contributed by atoms with Gasteiger partial charge in [0.1, 0.15) is 5.51 Å². The predicted molar refractivity (Wildman–Crippen MR) is 76.3 cm³/mol. The SMILES string of the molecule is O=C(Nc1nncs1)C1CC(=O)N(Cc2ccccn2)C1. The summed E-state index contributed by atoms with van der Waals surface area (Å²) in [5.74, 6) is -0.577. The Labute approximate surface area is 125 Å². The molecule has 8 heteroatoms. The maximum atomic E-state index is 12.1. The number of pyridine rings is 1. The summed E-state index contributed by atoms with van der Waals surface area (Å²) < 4.78 is 0. The molecule has 1 unspecified atom stereocenters. The average molecular weight is 303 g/mol. The molecule has 2 aromatic rings. The summed E-state index contributed by atoms with van der Waals surface area (Å²) in [5.41, 5.74) is 2.36. The van der Waals surface area contributed by atoms with Crippen LogP contribution in [0.4, 0.5) is 5.13 Å². The topological polar surface area (TPSA) is 88.1 Å². The van der Waals surface area contributed by atoms with Crippen molar-refractivity contribution in [1.29, 1.82) is 0 Å². The number of carbonyl (C=O) groups excluding carboxylic acids is 2. The molecule has 1 N–H and O–H groups in total. The molecule has 1 atom stereocenters. The molecular formula is C13H13N5O2S. The Morgan fingerprint density at radius 1 is 1.48 bits per heavy atom. The quantitative estimate of drug-likeness (QED) is 0.907. The number of aromatic nitrogens is 3. The molecule has 2 aromatic heterocycles. The summed E-state index contributed by atoms with van der Waals surface area (Å²) in [6, 6.07) is 5.57. The lowest BCUT2D eigenvalue weighted by Gasteiger charge is -2.15. The zero-order valence-electron chi connectivity index (χ0n) is 11.1. The summed E-state index contributed by atoms with van der Waals surface area (Å²) in [7, 11) is 0. The first kappa shape index (κ1) is 13.6. The van der Waals surface area contributed by atoms with Crippen LogP contribution in [0.2, 0.25) is 0 Å². The van der Waals surface area contributed by atoms with Crippen molar-refractivity contribution in [3.05, 3.63) is 35.6 Å². The molecule has 0 aliphatic carbocycles. The zero-order chi connectivity index (χ0) is 14.7. The highest BCUT2D eigenvalue weighted by atomic mass is 32.1. The minimum absolute atomic E-state index is 0.0296. The first-order valence-corrected chi connectivity index (χ1v) is 7.35. The number of amides is 2. The van der Waals surface area contributed by atoms with E-state index in [1.54, 1.807) is 16.6 Å². The Bertz CT molecular complexity index is 631. The molecule has 7 nitrogen and oxygen atoms in total. The Morgan fingerprint density at radius 2 is 2.38 bits per heavy atom. The summed E-state index contributed by atoms with van der Waals surface area (Å²) >= 11 is 1.25. The van der Waals surface area contributed by atoms with Crippen LogP contribution in [0.15, 0.2) is 29.9 Å². The van der Waals surface area contributed by atoms with E-state index in [9.17, 15) is 9.59 Å². The summed E-state index contributed by atoms with van der Waals surface area (Å²) in [6.45, 7) is 0.836. The van der Waals surface area contributed by atoms with Gasteiger partial charge in [0.05, 0.1) is 18.2 Å². The minimum atomic E-state index is -0.356. The molecule has 1 fully saturated rings. The summed E-state index contributed by atoms with van der Waals surface area (Å²) in [6.07, 6.45) is 1.91. The van der Waals surface area contributed by atoms with E-state index in [0.717, 1.165) is 5.69 Å². The van der Waals surface area contributed by atoms with E-state index in [-0.39, 0.29) is 24.2 Å². The van der Waals surface area contributed by atoms with Crippen LogP contribution >= 0.6 is 11.3 Å². The van der Waals surface area contributed by atoms with Gasteiger partial charge < -0.3 is 10.2 Å². The normalized spacial score (nSPS) is 18.0. The molecular weight excluding hydrogens is 290 g/mol. The van der Waals surface area contributed by atoms with Crippen molar-refractivity contribution < 1.29 is 9.59 Å². The zero-order valence-corrected chi connectivity index (χ0v) is 11.9.